The highest BCUT2D eigenvalue weighted by atomic mass is 35.5. The van der Waals surface area contributed by atoms with Gasteiger partial charge in [0.15, 0.2) is 0 Å². The molecule has 2 N–H and O–H groups in total. The molecule has 0 bridgehead atoms. The first-order valence-electron chi connectivity index (χ1n) is 6.22. The Hall–Kier alpha value is -0.0500. The van der Waals surface area contributed by atoms with Crippen molar-refractivity contribution in [3.8, 4) is 0 Å². The predicted molar refractivity (Wildman–Crippen MR) is 72.0 cm³/mol. The average Bonchev–Trinajstić information content (AvgIpc) is 2.74. The Bertz CT molecular complexity index is 336. The molecule has 0 aliphatic heterocycles. The van der Waals surface area contributed by atoms with Gasteiger partial charge in [-0.1, -0.05) is 44.2 Å². The van der Waals surface area contributed by atoms with E-state index in [9.17, 15) is 0 Å². The first-order chi connectivity index (χ1) is 7.74. The molecule has 0 spiro atoms. The third kappa shape index (κ3) is 2.44. The van der Waals surface area contributed by atoms with Crippen LogP contribution in [0.2, 0.25) is 5.02 Å². The minimum atomic E-state index is 0.151. The average molecular weight is 258 g/mol. The van der Waals surface area contributed by atoms with E-state index in [1.165, 1.54) is 37.0 Å². The molecule has 0 amide bonds. The Balaban J connectivity index is 2.13. The zero-order valence-electron chi connectivity index (χ0n) is 9.79. The molecule has 2 rings (SSSR count). The fourth-order valence-electron chi connectivity index (χ4n) is 2.95. The lowest BCUT2D eigenvalue weighted by Gasteiger charge is -2.34. The molecule has 3 heteroatoms. The van der Waals surface area contributed by atoms with Crippen LogP contribution in [0, 0.1) is 11.8 Å². The summed E-state index contributed by atoms with van der Waals surface area (Å²) in [6.45, 7) is 2.28. The molecule has 1 heterocycles. The number of rotatable bonds is 3. The van der Waals surface area contributed by atoms with Crippen LogP contribution in [0.5, 0.6) is 0 Å². The van der Waals surface area contributed by atoms with Gasteiger partial charge in [-0.2, -0.15) is 0 Å². The fraction of sp³-hybridized carbons (Fsp3) is 0.692. The van der Waals surface area contributed by atoms with Gasteiger partial charge in [0, 0.05) is 10.9 Å². The zero-order valence-corrected chi connectivity index (χ0v) is 11.4. The third-order valence-corrected chi connectivity index (χ3v) is 5.36. The second kappa shape index (κ2) is 5.52. The second-order valence-corrected chi connectivity index (χ2v) is 6.13. The molecular formula is C13H20ClNS. The van der Waals surface area contributed by atoms with Crippen LogP contribution in [0.25, 0.3) is 0 Å². The Kier molecular flexibility index (Phi) is 4.28. The highest BCUT2D eigenvalue weighted by molar-refractivity contribution is 7.10. The Morgan fingerprint density at radius 2 is 2.25 bits per heavy atom. The van der Waals surface area contributed by atoms with Gasteiger partial charge in [0.25, 0.3) is 0 Å². The number of thiophene rings is 1. The Morgan fingerprint density at radius 3 is 2.88 bits per heavy atom. The van der Waals surface area contributed by atoms with Crippen molar-refractivity contribution >= 4 is 22.9 Å². The minimum Gasteiger partial charge on any atom is -0.323 e. The molecule has 0 radical (unpaired) electrons. The summed E-state index contributed by atoms with van der Waals surface area (Å²) in [6.07, 6.45) is 6.57. The smallest absolute Gasteiger partial charge is 0.0561 e. The van der Waals surface area contributed by atoms with Gasteiger partial charge in [-0.3, -0.25) is 0 Å². The van der Waals surface area contributed by atoms with Gasteiger partial charge in [0.05, 0.1) is 5.02 Å². The summed E-state index contributed by atoms with van der Waals surface area (Å²) in [5.74, 6) is 1.43. The lowest BCUT2D eigenvalue weighted by molar-refractivity contribution is 0.198. The molecule has 1 fully saturated rings. The summed E-state index contributed by atoms with van der Waals surface area (Å²) < 4.78 is 0. The van der Waals surface area contributed by atoms with Gasteiger partial charge < -0.3 is 5.73 Å². The minimum absolute atomic E-state index is 0.151. The van der Waals surface area contributed by atoms with E-state index in [0.29, 0.717) is 5.92 Å². The zero-order chi connectivity index (χ0) is 11.5. The molecule has 3 atom stereocenters. The summed E-state index contributed by atoms with van der Waals surface area (Å²) in [4.78, 5) is 1.19. The maximum Gasteiger partial charge on any atom is 0.0561 e. The maximum absolute atomic E-state index is 6.41. The summed E-state index contributed by atoms with van der Waals surface area (Å²) >= 11 is 7.88. The van der Waals surface area contributed by atoms with E-state index in [4.69, 9.17) is 17.3 Å². The first-order valence-corrected chi connectivity index (χ1v) is 7.48. The summed E-state index contributed by atoms with van der Waals surface area (Å²) in [5.41, 5.74) is 6.41. The van der Waals surface area contributed by atoms with Crippen molar-refractivity contribution in [2.45, 2.75) is 45.1 Å². The van der Waals surface area contributed by atoms with E-state index in [1.54, 1.807) is 11.3 Å². The quantitative estimate of drug-likeness (QED) is 0.840. The van der Waals surface area contributed by atoms with Crippen molar-refractivity contribution in [3.63, 3.8) is 0 Å². The molecule has 3 unspecified atom stereocenters. The van der Waals surface area contributed by atoms with Gasteiger partial charge in [-0.05, 0) is 29.7 Å². The number of halogens is 1. The highest BCUT2D eigenvalue weighted by Crippen LogP contribution is 2.42. The van der Waals surface area contributed by atoms with E-state index in [-0.39, 0.29) is 6.04 Å². The van der Waals surface area contributed by atoms with Crippen molar-refractivity contribution in [3.05, 3.63) is 21.3 Å². The monoisotopic (exact) mass is 257 g/mol. The van der Waals surface area contributed by atoms with Crippen LogP contribution in [-0.4, -0.2) is 0 Å². The molecule has 0 saturated heterocycles. The van der Waals surface area contributed by atoms with Crippen LogP contribution < -0.4 is 5.73 Å². The maximum atomic E-state index is 6.41. The molecule has 1 aliphatic rings. The predicted octanol–water partition coefficient (Wildman–Crippen LogP) is 4.62. The lowest BCUT2D eigenvalue weighted by atomic mass is 9.74. The lowest BCUT2D eigenvalue weighted by Crippen LogP contribution is -2.30. The van der Waals surface area contributed by atoms with Crippen molar-refractivity contribution in [2.24, 2.45) is 17.6 Å². The van der Waals surface area contributed by atoms with Crippen molar-refractivity contribution in [1.29, 1.82) is 0 Å². The van der Waals surface area contributed by atoms with E-state index >= 15 is 0 Å². The first kappa shape index (κ1) is 12.4. The van der Waals surface area contributed by atoms with Crippen LogP contribution in [0.4, 0.5) is 0 Å². The molecule has 1 saturated carbocycles. The largest absolute Gasteiger partial charge is 0.323 e. The van der Waals surface area contributed by atoms with Crippen LogP contribution in [-0.2, 0) is 0 Å². The molecular weight excluding hydrogens is 238 g/mol. The molecule has 1 aromatic heterocycles. The van der Waals surface area contributed by atoms with E-state index in [1.807, 2.05) is 11.4 Å². The molecule has 16 heavy (non-hydrogen) atoms. The Morgan fingerprint density at radius 1 is 1.50 bits per heavy atom. The van der Waals surface area contributed by atoms with Gasteiger partial charge in [0.2, 0.25) is 0 Å². The molecule has 90 valence electrons. The SMILES string of the molecule is CCC1CCCCC1C(N)c1sccc1Cl. The van der Waals surface area contributed by atoms with Crippen molar-refractivity contribution in [1.82, 2.24) is 0 Å². The summed E-state index contributed by atoms with van der Waals surface area (Å²) in [6, 6.07) is 2.11. The van der Waals surface area contributed by atoms with Crippen LogP contribution >= 0.6 is 22.9 Å². The summed E-state index contributed by atoms with van der Waals surface area (Å²) in [7, 11) is 0. The number of nitrogens with two attached hydrogens (primary N) is 1. The topological polar surface area (TPSA) is 26.0 Å². The Labute approximate surface area is 107 Å². The highest BCUT2D eigenvalue weighted by Gasteiger charge is 2.30. The van der Waals surface area contributed by atoms with Gasteiger partial charge in [-0.25, -0.2) is 0 Å². The number of hydrogen-bond acceptors (Lipinski definition) is 2. The second-order valence-electron chi connectivity index (χ2n) is 4.78. The van der Waals surface area contributed by atoms with Crippen LogP contribution in [0.15, 0.2) is 11.4 Å². The van der Waals surface area contributed by atoms with Gasteiger partial charge in [0.1, 0.15) is 0 Å². The third-order valence-electron chi connectivity index (χ3n) is 3.90. The fourth-order valence-corrected chi connectivity index (χ4v) is 4.21. The van der Waals surface area contributed by atoms with Crippen LogP contribution in [0.3, 0.4) is 0 Å². The van der Waals surface area contributed by atoms with Crippen molar-refractivity contribution in [2.75, 3.05) is 0 Å². The molecule has 1 aromatic rings. The van der Waals surface area contributed by atoms with E-state index in [0.717, 1.165) is 10.9 Å². The van der Waals surface area contributed by atoms with E-state index in [2.05, 4.69) is 6.92 Å². The van der Waals surface area contributed by atoms with Gasteiger partial charge >= 0.3 is 0 Å². The van der Waals surface area contributed by atoms with Crippen LogP contribution in [0.1, 0.15) is 49.9 Å². The molecule has 1 aliphatic carbocycles. The van der Waals surface area contributed by atoms with Gasteiger partial charge in [-0.15, -0.1) is 11.3 Å². The standard InChI is InChI=1S/C13H20ClNS/c1-2-9-5-3-4-6-10(9)12(15)13-11(14)7-8-16-13/h7-10,12H,2-6,15H2,1H3. The van der Waals surface area contributed by atoms with E-state index < -0.39 is 0 Å². The molecule has 1 nitrogen and oxygen atoms in total. The normalized spacial score (nSPS) is 27.9. The number of hydrogen-bond donors (Lipinski definition) is 1. The van der Waals surface area contributed by atoms with Crippen molar-refractivity contribution < 1.29 is 0 Å². The summed E-state index contributed by atoms with van der Waals surface area (Å²) in [5, 5.41) is 2.90. The molecule has 0 aromatic carbocycles.